The summed E-state index contributed by atoms with van der Waals surface area (Å²) in [5, 5.41) is 0. The minimum Gasteiger partial charge on any atom is -0.216 e. The van der Waals surface area contributed by atoms with Crippen LogP contribution in [0.5, 0.6) is 0 Å². The molecule has 0 aliphatic rings. The van der Waals surface area contributed by atoms with Gasteiger partial charge in [-0.25, -0.2) is 13.2 Å². The van der Waals surface area contributed by atoms with E-state index >= 15 is 0 Å². The van der Waals surface area contributed by atoms with Gasteiger partial charge in [0, 0.05) is 6.42 Å². The second-order valence-electron chi connectivity index (χ2n) is 0.988. The van der Waals surface area contributed by atoms with Crippen molar-refractivity contribution in [2.45, 2.75) is 12.8 Å². The average molecular weight is 110 g/mol. The Hall–Kier alpha value is -0.470. The fourth-order valence-electron chi connectivity index (χ4n) is 0.154. The van der Waals surface area contributed by atoms with Gasteiger partial charge in [0.2, 0.25) is 6.43 Å². The maximum absolute atomic E-state index is 11.0. The third-order valence-electron chi connectivity index (χ3n) is 0.403. The standard InChI is InChI=1S/C4H5F3/c5-3-1-2-4(6)7/h1,3-4H,2H2/b3-1+. The molecular weight excluding hydrogens is 105 g/mol. The molecule has 0 spiro atoms. The van der Waals surface area contributed by atoms with Gasteiger partial charge in [0.1, 0.15) is 0 Å². The second kappa shape index (κ2) is 3.71. The quantitative estimate of drug-likeness (QED) is 0.510. The van der Waals surface area contributed by atoms with E-state index in [-0.39, 0.29) is 6.33 Å². The van der Waals surface area contributed by atoms with Crippen molar-refractivity contribution in [2.75, 3.05) is 0 Å². The van der Waals surface area contributed by atoms with E-state index in [1.54, 1.807) is 0 Å². The van der Waals surface area contributed by atoms with Gasteiger partial charge in [-0.05, 0) is 0 Å². The van der Waals surface area contributed by atoms with E-state index in [1.807, 2.05) is 0 Å². The lowest BCUT2D eigenvalue weighted by molar-refractivity contribution is 0.152. The summed E-state index contributed by atoms with van der Waals surface area (Å²) in [6, 6.07) is 0. The fraction of sp³-hybridized carbons (Fsp3) is 0.500. The highest BCUT2D eigenvalue weighted by molar-refractivity contribution is 4.72. The molecule has 7 heavy (non-hydrogen) atoms. The Bertz CT molecular complexity index is 58.0. The fourth-order valence-corrected chi connectivity index (χ4v) is 0.154. The molecule has 42 valence electrons. The van der Waals surface area contributed by atoms with Crippen LogP contribution < -0.4 is 0 Å². The SMILES string of the molecule is F/C=C/CC(F)F. The zero-order valence-corrected chi connectivity index (χ0v) is 3.57. The summed E-state index contributed by atoms with van der Waals surface area (Å²) in [5.41, 5.74) is 0. The number of rotatable bonds is 2. The van der Waals surface area contributed by atoms with E-state index in [2.05, 4.69) is 0 Å². The molecule has 0 aliphatic heterocycles. The van der Waals surface area contributed by atoms with Gasteiger partial charge in [-0.2, -0.15) is 0 Å². The topological polar surface area (TPSA) is 0 Å². The lowest BCUT2D eigenvalue weighted by Gasteiger charge is -1.84. The van der Waals surface area contributed by atoms with E-state index < -0.39 is 12.8 Å². The highest BCUT2D eigenvalue weighted by atomic mass is 19.3. The van der Waals surface area contributed by atoms with Gasteiger partial charge in [0.15, 0.2) is 0 Å². The van der Waals surface area contributed by atoms with Gasteiger partial charge in [0.25, 0.3) is 0 Å². The van der Waals surface area contributed by atoms with Gasteiger partial charge in [-0.3, -0.25) is 0 Å². The predicted octanol–water partition coefficient (Wildman–Crippen LogP) is 2.12. The number of halogens is 3. The van der Waals surface area contributed by atoms with Gasteiger partial charge in [-0.15, -0.1) is 0 Å². The van der Waals surface area contributed by atoms with Crippen molar-refractivity contribution < 1.29 is 13.2 Å². The van der Waals surface area contributed by atoms with Gasteiger partial charge in [0.05, 0.1) is 6.33 Å². The molecule has 0 bridgehead atoms. The smallest absolute Gasteiger partial charge is 0.216 e. The molecule has 0 amide bonds. The molecule has 0 nitrogen and oxygen atoms in total. The van der Waals surface area contributed by atoms with E-state index in [4.69, 9.17) is 0 Å². The number of alkyl halides is 2. The third kappa shape index (κ3) is 5.53. The second-order valence-corrected chi connectivity index (χ2v) is 0.988. The molecule has 0 aromatic heterocycles. The molecule has 0 aromatic carbocycles. The monoisotopic (exact) mass is 110 g/mol. The van der Waals surface area contributed by atoms with Crippen LogP contribution in [0.15, 0.2) is 12.4 Å². The lowest BCUT2D eigenvalue weighted by atomic mass is 10.4. The number of hydrogen-bond acceptors (Lipinski definition) is 0. The summed E-state index contributed by atoms with van der Waals surface area (Å²) in [6.07, 6.45) is -2.01. The van der Waals surface area contributed by atoms with Crippen molar-refractivity contribution in [1.82, 2.24) is 0 Å². The summed E-state index contributed by atoms with van der Waals surface area (Å²) in [7, 11) is 0. The van der Waals surface area contributed by atoms with Gasteiger partial charge < -0.3 is 0 Å². The van der Waals surface area contributed by atoms with Crippen LogP contribution in [-0.4, -0.2) is 6.43 Å². The van der Waals surface area contributed by atoms with E-state index in [0.717, 1.165) is 6.08 Å². The van der Waals surface area contributed by atoms with Gasteiger partial charge >= 0.3 is 0 Å². The van der Waals surface area contributed by atoms with E-state index in [9.17, 15) is 13.2 Å². The van der Waals surface area contributed by atoms with Crippen molar-refractivity contribution in [1.29, 1.82) is 0 Å². The summed E-state index contributed by atoms with van der Waals surface area (Å²) in [6.45, 7) is 0. The molecular formula is C4H5F3. The third-order valence-corrected chi connectivity index (χ3v) is 0.403. The summed E-state index contributed by atoms with van der Waals surface area (Å²) in [4.78, 5) is 0. The molecule has 0 fully saturated rings. The van der Waals surface area contributed by atoms with Crippen molar-refractivity contribution >= 4 is 0 Å². The predicted molar refractivity (Wildman–Crippen MR) is 20.9 cm³/mol. The zero-order chi connectivity index (χ0) is 5.70. The molecule has 0 rings (SSSR count). The first kappa shape index (κ1) is 6.53. The van der Waals surface area contributed by atoms with Crippen molar-refractivity contribution in [3.8, 4) is 0 Å². The Balaban J connectivity index is 2.97. The number of hydrogen-bond donors (Lipinski definition) is 0. The molecule has 3 heteroatoms. The largest absolute Gasteiger partial charge is 0.242 e. The lowest BCUT2D eigenvalue weighted by Crippen LogP contribution is -1.83. The van der Waals surface area contributed by atoms with Crippen LogP contribution >= 0.6 is 0 Å². The Morgan fingerprint density at radius 1 is 1.43 bits per heavy atom. The molecule has 0 unspecified atom stereocenters. The number of allylic oxidation sites excluding steroid dienone is 1. The highest BCUT2D eigenvalue weighted by Gasteiger charge is 1.94. The summed E-state index contributed by atoms with van der Waals surface area (Å²) >= 11 is 0. The van der Waals surface area contributed by atoms with E-state index in [0.29, 0.717) is 0 Å². The highest BCUT2D eigenvalue weighted by Crippen LogP contribution is 1.98. The Kier molecular flexibility index (Phi) is 3.46. The van der Waals surface area contributed by atoms with Crippen molar-refractivity contribution in [3.05, 3.63) is 12.4 Å². The first-order chi connectivity index (χ1) is 3.27. The molecule has 0 atom stereocenters. The summed E-state index contributed by atoms with van der Waals surface area (Å²) < 4.78 is 32.8. The van der Waals surface area contributed by atoms with Crippen LogP contribution in [-0.2, 0) is 0 Å². The Morgan fingerprint density at radius 2 is 2.00 bits per heavy atom. The van der Waals surface area contributed by atoms with Crippen LogP contribution in [0.3, 0.4) is 0 Å². The molecule has 0 radical (unpaired) electrons. The zero-order valence-electron chi connectivity index (χ0n) is 3.57. The maximum Gasteiger partial charge on any atom is 0.242 e. The molecule has 0 aliphatic carbocycles. The van der Waals surface area contributed by atoms with Crippen molar-refractivity contribution in [3.63, 3.8) is 0 Å². The molecule has 0 aromatic rings. The van der Waals surface area contributed by atoms with Crippen LogP contribution in [0.25, 0.3) is 0 Å². The average Bonchev–Trinajstić information content (AvgIpc) is 1.61. The molecule has 0 saturated heterocycles. The molecule has 0 heterocycles. The van der Waals surface area contributed by atoms with E-state index in [1.165, 1.54) is 0 Å². The van der Waals surface area contributed by atoms with Gasteiger partial charge in [-0.1, -0.05) is 6.08 Å². The first-order valence-corrected chi connectivity index (χ1v) is 1.80. The van der Waals surface area contributed by atoms with Crippen LogP contribution in [0.4, 0.5) is 13.2 Å². The van der Waals surface area contributed by atoms with Crippen LogP contribution in [0.1, 0.15) is 6.42 Å². The normalized spacial score (nSPS) is 11.4. The van der Waals surface area contributed by atoms with Crippen molar-refractivity contribution in [2.24, 2.45) is 0 Å². The minimum absolute atomic E-state index is 0.117. The molecule has 0 N–H and O–H groups in total. The molecule has 0 saturated carbocycles. The minimum atomic E-state index is -2.42. The van der Waals surface area contributed by atoms with Crippen LogP contribution in [0, 0.1) is 0 Å². The Labute approximate surface area is 39.6 Å². The maximum atomic E-state index is 11.0. The van der Waals surface area contributed by atoms with Crippen LogP contribution in [0.2, 0.25) is 0 Å². The first-order valence-electron chi connectivity index (χ1n) is 1.80. The Morgan fingerprint density at radius 3 is 2.14 bits per heavy atom. The summed E-state index contributed by atoms with van der Waals surface area (Å²) in [5.74, 6) is 0.